The lowest BCUT2D eigenvalue weighted by atomic mass is 9.98. The first-order chi connectivity index (χ1) is 13.7. The van der Waals surface area contributed by atoms with E-state index in [4.69, 9.17) is 17.0 Å². The summed E-state index contributed by atoms with van der Waals surface area (Å²) in [5, 5.41) is 12.7. The molecule has 2 aromatic heterocycles. The second-order valence-corrected chi connectivity index (χ2v) is 8.97. The molecule has 3 rings (SSSR count). The minimum Gasteiger partial charge on any atom is -0.385 e. The number of H-pyrrole nitrogens is 1. The lowest BCUT2D eigenvalue weighted by molar-refractivity contribution is 0.102. The maximum absolute atomic E-state index is 12.7. The molecule has 0 fully saturated rings. The molecule has 2 N–H and O–H groups in total. The molecule has 1 aromatic carbocycles. The molecule has 0 radical (unpaired) electrons. The number of ether oxygens (including phenoxy) is 1. The molecule has 0 unspecified atom stereocenters. The molecule has 0 aliphatic carbocycles. The van der Waals surface area contributed by atoms with Gasteiger partial charge >= 0.3 is 0 Å². The fourth-order valence-electron chi connectivity index (χ4n) is 2.71. The zero-order valence-electron chi connectivity index (χ0n) is 16.7. The molecule has 0 aliphatic rings. The van der Waals surface area contributed by atoms with Gasteiger partial charge in [0.15, 0.2) is 4.77 Å². The summed E-state index contributed by atoms with van der Waals surface area (Å²) in [6.07, 6.45) is 0.679. The van der Waals surface area contributed by atoms with Crippen molar-refractivity contribution < 1.29 is 9.53 Å². The molecule has 0 saturated heterocycles. The van der Waals surface area contributed by atoms with E-state index in [-0.39, 0.29) is 16.9 Å². The summed E-state index contributed by atoms with van der Waals surface area (Å²) in [6.45, 7) is 7.11. The summed E-state index contributed by atoms with van der Waals surface area (Å²) in [5.41, 5.74) is 0.586. The average Bonchev–Trinajstić information content (AvgIpc) is 3.13. The summed E-state index contributed by atoms with van der Waals surface area (Å²) in [7, 11) is 1.61. The van der Waals surface area contributed by atoms with Crippen LogP contribution in [0.15, 0.2) is 23.0 Å². The molecule has 10 heteroatoms. The minimum atomic E-state index is -0.327. The van der Waals surface area contributed by atoms with Crippen molar-refractivity contribution in [2.24, 2.45) is 0 Å². The number of aromatic amines is 1. The van der Waals surface area contributed by atoms with Gasteiger partial charge in [0, 0.05) is 31.2 Å². The number of amides is 1. The van der Waals surface area contributed by atoms with Crippen LogP contribution >= 0.6 is 23.6 Å². The molecule has 0 saturated carbocycles. The fraction of sp³-hybridized carbons (Fsp3) is 0.421. The van der Waals surface area contributed by atoms with Gasteiger partial charge in [-0.1, -0.05) is 32.1 Å². The molecule has 29 heavy (non-hydrogen) atoms. The van der Waals surface area contributed by atoms with Crippen LogP contribution in [0, 0.1) is 4.77 Å². The van der Waals surface area contributed by atoms with E-state index in [0.717, 1.165) is 5.01 Å². The zero-order valence-corrected chi connectivity index (χ0v) is 18.4. The van der Waals surface area contributed by atoms with Crippen molar-refractivity contribution in [1.82, 2.24) is 19.7 Å². The van der Waals surface area contributed by atoms with Crippen molar-refractivity contribution in [3.05, 3.63) is 43.9 Å². The summed E-state index contributed by atoms with van der Waals surface area (Å²) >= 11 is 6.66. The number of methoxy groups -OCH3 is 1. The number of hydrogen-bond acceptors (Lipinski definition) is 7. The van der Waals surface area contributed by atoms with Crippen LogP contribution in [0.2, 0.25) is 0 Å². The Morgan fingerprint density at radius 2 is 2.10 bits per heavy atom. The number of fused-ring (bicyclic) bond motifs is 1. The molecule has 0 aliphatic heterocycles. The Bertz CT molecular complexity index is 1160. The first-order valence-electron chi connectivity index (χ1n) is 9.12. The van der Waals surface area contributed by atoms with Gasteiger partial charge in [0.1, 0.15) is 5.01 Å². The molecular formula is C19H23N5O3S2. The van der Waals surface area contributed by atoms with Crippen molar-refractivity contribution in [1.29, 1.82) is 0 Å². The number of nitrogens with one attached hydrogen (secondary N) is 2. The van der Waals surface area contributed by atoms with Gasteiger partial charge in [-0.15, -0.1) is 10.2 Å². The van der Waals surface area contributed by atoms with E-state index in [1.807, 2.05) is 20.8 Å². The SMILES string of the molecule is COCCCn1c(=S)[nH]c2cc(C(=O)Nc3nnc(C(C)(C)C)s3)ccc2c1=O. The van der Waals surface area contributed by atoms with Crippen LogP contribution in [0.4, 0.5) is 5.13 Å². The molecular weight excluding hydrogens is 410 g/mol. The van der Waals surface area contributed by atoms with Crippen LogP contribution in [-0.4, -0.2) is 39.4 Å². The Morgan fingerprint density at radius 1 is 1.34 bits per heavy atom. The maximum atomic E-state index is 12.7. The van der Waals surface area contributed by atoms with E-state index in [0.29, 0.717) is 45.9 Å². The lowest BCUT2D eigenvalue weighted by Gasteiger charge is -2.12. The predicted molar refractivity (Wildman–Crippen MR) is 116 cm³/mol. The second-order valence-electron chi connectivity index (χ2n) is 7.61. The zero-order chi connectivity index (χ0) is 21.2. The number of benzene rings is 1. The highest BCUT2D eigenvalue weighted by Gasteiger charge is 2.20. The standard InChI is InChI=1S/C19H23N5O3S2/c1-19(2,3)16-22-23-17(29-16)21-14(25)11-6-7-12-13(10-11)20-18(28)24(15(12)26)8-5-9-27-4/h6-7,10H,5,8-9H2,1-4H3,(H,20,28)(H,21,23,25). The average molecular weight is 434 g/mol. The smallest absolute Gasteiger partial charge is 0.262 e. The van der Waals surface area contributed by atoms with E-state index >= 15 is 0 Å². The molecule has 8 nitrogen and oxygen atoms in total. The number of rotatable bonds is 6. The van der Waals surface area contributed by atoms with Gasteiger partial charge in [-0.2, -0.15) is 0 Å². The molecule has 1 amide bonds. The van der Waals surface area contributed by atoms with Gasteiger partial charge in [-0.05, 0) is 36.8 Å². The van der Waals surface area contributed by atoms with E-state index < -0.39 is 0 Å². The van der Waals surface area contributed by atoms with Crippen LogP contribution in [-0.2, 0) is 16.7 Å². The second kappa shape index (κ2) is 8.52. The van der Waals surface area contributed by atoms with E-state index in [2.05, 4.69) is 20.5 Å². The molecule has 154 valence electrons. The van der Waals surface area contributed by atoms with Crippen molar-refractivity contribution >= 4 is 45.5 Å². The van der Waals surface area contributed by atoms with Crippen LogP contribution in [0.3, 0.4) is 0 Å². The van der Waals surface area contributed by atoms with E-state index in [1.54, 1.807) is 25.3 Å². The van der Waals surface area contributed by atoms with Crippen molar-refractivity contribution in [3.63, 3.8) is 0 Å². The largest absolute Gasteiger partial charge is 0.385 e. The summed E-state index contributed by atoms with van der Waals surface area (Å²) in [4.78, 5) is 28.4. The van der Waals surface area contributed by atoms with Crippen LogP contribution < -0.4 is 10.9 Å². The number of aromatic nitrogens is 4. The van der Waals surface area contributed by atoms with Gasteiger partial charge in [0.05, 0.1) is 10.9 Å². The van der Waals surface area contributed by atoms with Gasteiger partial charge in [-0.25, -0.2) is 0 Å². The third-order valence-electron chi connectivity index (χ3n) is 4.26. The molecule has 0 spiro atoms. The lowest BCUT2D eigenvalue weighted by Crippen LogP contribution is -2.23. The first kappa shape index (κ1) is 21.3. The quantitative estimate of drug-likeness (QED) is 0.456. The number of carbonyl (C=O) groups excluding carboxylic acids is 1. The normalized spacial score (nSPS) is 11.7. The maximum Gasteiger partial charge on any atom is 0.262 e. The van der Waals surface area contributed by atoms with Gasteiger partial charge in [0.25, 0.3) is 11.5 Å². The third kappa shape index (κ3) is 4.77. The van der Waals surface area contributed by atoms with E-state index in [1.165, 1.54) is 15.9 Å². The van der Waals surface area contributed by atoms with Crippen LogP contribution in [0.25, 0.3) is 10.9 Å². The summed E-state index contributed by atoms with van der Waals surface area (Å²) in [5.74, 6) is -0.327. The molecule has 0 atom stereocenters. The number of nitrogens with zero attached hydrogens (tertiary/aromatic N) is 3. The number of anilines is 1. The predicted octanol–water partition coefficient (Wildman–Crippen LogP) is 3.50. The van der Waals surface area contributed by atoms with Gasteiger partial charge < -0.3 is 9.72 Å². The van der Waals surface area contributed by atoms with Crippen molar-refractivity contribution in [2.45, 2.75) is 39.2 Å². The Hall–Kier alpha value is -2.43. The van der Waals surface area contributed by atoms with Crippen molar-refractivity contribution in [2.75, 3.05) is 19.0 Å². The third-order valence-corrected chi connectivity index (χ3v) is 5.85. The summed E-state index contributed by atoms with van der Waals surface area (Å²) in [6, 6.07) is 4.86. The van der Waals surface area contributed by atoms with E-state index in [9.17, 15) is 9.59 Å². The fourth-order valence-corrected chi connectivity index (χ4v) is 3.79. The molecule has 3 aromatic rings. The first-order valence-corrected chi connectivity index (χ1v) is 10.3. The van der Waals surface area contributed by atoms with Crippen LogP contribution in [0.1, 0.15) is 42.6 Å². The van der Waals surface area contributed by atoms with Crippen LogP contribution in [0.5, 0.6) is 0 Å². The monoisotopic (exact) mass is 433 g/mol. The number of carbonyl (C=O) groups is 1. The van der Waals surface area contributed by atoms with Gasteiger partial charge in [0.2, 0.25) is 5.13 Å². The molecule has 2 heterocycles. The molecule has 0 bridgehead atoms. The Balaban J connectivity index is 1.86. The van der Waals surface area contributed by atoms with Gasteiger partial charge in [-0.3, -0.25) is 19.5 Å². The highest BCUT2D eigenvalue weighted by Crippen LogP contribution is 2.28. The highest BCUT2D eigenvalue weighted by molar-refractivity contribution is 7.71. The summed E-state index contributed by atoms with van der Waals surface area (Å²) < 4.78 is 6.85. The van der Waals surface area contributed by atoms with Crippen molar-refractivity contribution in [3.8, 4) is 0 Å². The number of hydrogen-bond donors (Lipinski definition) is 2. The minimum absolute atomic E-state index is 0.137. The topological polar surface area (TPSA) is 102 Å². The Labute approximate surface area is 176 Å². The Morgan fingerprint density at radius 3 is 2.76 bits per heavy atom. The highest BCUT2D eigenvalue weighted by atomic mass is 32.1. The Kier molecular flexibility index (Phi) is 6.25.